The molecule has 15 heavy (non-hydrogen) atoms. The molecule has 0 aliphatic carbocycles. The lowest BCUT2D eigenvalue weighted by Crippen LogP contribution is -2.02. The number of nitrogen functional groups attached to an aromatic ring is 1. The van der Waals surface area contributed by atoms with Gasteiger partial charge in [-0.15, -0.1) is 0 Å². The molecule has 2 aromatic rings. The zero-order chi connectivity index (χ0) is 10.7. The maximum atomic E-state index is 5.94. The minimum absolute atomic E-state index is 0.801. The molecule has 0 spiro atoms. The van der Waals surface area contributed by atoms with Crippen molar-refractivity contribution >= 4 is 5.69 Å². The quantitative estimate of drug-likeness (QED) is 0.775. The first-order valence-electron chi connectivity index (χ1n) is 5.19. The van der Waals surface area contributed by atoms with Gasteiger partial charge in [-0.3, -0.25) is 4.68 Å². The predicted molar refractivity (Wildman–Crippen MR) is 62.4 cm³/mol. The van der Waals surface area contributed by atoms with E-state index >= 15 is 0 Å². The minimum Gasteiger partial charge on any atom is -0.398 e. The number of benzene rings is 1. The van der Waals surface area contributed by atoms with Gasteiger partial charge in [-0.2, -0.15) is 5.10 Å². The highest BCUT2D eigenvalue weighted by Gasteiger charge is 2.06. The number of nitrogens with zero attached hydrogens (tertiary/aromatic N) is 2. The second-order valence-electron chi connectivity index (χ2n) is 3.53. The van der Waals surface area contributed by atoms with Crippen molar-refractivity contribution in [2.24, 2.45) is 0 Å². The molecule has 0 fully saturated rings. The Labute approximate surface area is 89.5 Å². The van der Waals surface area contributed by atoms with Crippen molar-refractivity contribution in [3.63, 3.8) is 0 Å². The number of para-hydroxylation sites is 1. The summed E-state index contributed by atoms with van der Waals surface area (Å²) in [4.78, 5) is 0. The SMILES string of the molecule is CCCn1nccc1-c1ccccc1N. The summed E-state index contributed by atoms with van der Waals surface area (Å²) in [5, 5.41) is 4.28. The van der Waals surface area contributed by atoms with Crippen molar-refractivity contribution in [3.05, 3.63) is 36.5 Å². The van der Waals surface area contributed by atoms with Gasteiger partial charge in [-0.1, -0.05) is 25.1 Å². The molecular weight excluding hydrogens is 186 g/mol. The van der Waals surface area contributed by atoms with Gasteiger partial charge in [0.15, 0.2) is 0 Å². The Hall–Kier alpha value is -1.77. The van der Waals surface area contributed by atoms with Crippen LogP contribution in [0.15, 0.2) is 36.5 Å². The fourth-order valence-electron chi connectivity index (χ4n) is 1.68. The number of anilines is 1. The first-order valence-corrected chi connectivity index (χ1v) is 5.19. The molecular formula is C12H15N3. The highest BCUT2D eigenvalue weighted by Crippen LogP contribution is 2.24. The van der Waals surface area contributed by atoms with Crippen LogP contribution in [0, 0.1) is 0 Å². The standard InChI is InChI=1S/C12H15N3/c1-2-9-15-12(7-8-14-15)10-5-3-4-6-11(10)13/h3-8H,2,9,13H2,1H3. The lowest BCUT2D eigenvalue weighted by Gasteiger charge is -2.08. The maximum Gasteiger partial charge on any atom is 0.0702 e. The second kappa shape index (κ2) is 4.17. The highest BCUT2D eigenvalue weighted by atomic mass is 15.3. The van der Waals surface area contributed by atoms with Crippen LogP contribution in [0.4, 0.5) is 5.69 Å². The number of nitrogens with two attached hydrogens (primary N) is 1. The van der Waals surface area contributed by atoms with Gasteiger partial charge >= 0.3 is 0 Å². The zero-order valence-corrected chi connectivity index (χ0v) is 8.85. The van der Waals surface area contributed by atoms with E-state index in [4.69, 9.17) is 5.73 Å². The van der Waals surface area contributed by atoms with Crippen molar-refractivity contribution in [2.75, 3.05) is 5.73 Å². The predicted octanol–water partition coefficient (Wildman–Crippen LogP) is 2.54. The monoisotopic (exact) mass is 201 g/mol. The number of aryl methyl sites for hydroxylation is 1. The van der Waals surface area contributed by atoms with Crippen molar-refractivity contribution in [2.45, 2.75) is 19.9 Å². The molecule has 0 bridgehead atoms. The molecule has 2 N–H and O–H groups in total. The molecule has 1 aromatic heterocycles. The summed E-state index contributed by atoms with van der Waals surface area (Å²) in [7, 11) is 0. The first kappa shape index (κ1) is 9.77. The Morgan fingerprint density at radius 1 is 1.27 bits per heavy atom. The summed E-state index contributed by atoms with van der Waals surface area (Å²) in [6.07, 6.45) is 2.89. The molecule has 1 heterocycles. The fourth-order valence-corrected chi connectivity index (χ4v) is 1.68. The van der Waals surface area contributed by atoms with Crippen molar-refractivity contribution < 1.29 is 0 Å². The van der Waals surface area contributed by atoms with E-state index in [9.17, 15) is 0 Å². The summed E-state index contributed by atoms with van der Waals surface area (Å²) in [5.74, 6) is 0. The highest BCUT2D eigenvalue weighted by molar-refractivity contribution is 5.73. The summed E-state index contributed by atoms with van der Waals surface area (Å²) in [6.45, 7) is 3.07. The van der Waals surface area contributed by atoms with E-state index in [0.717, 1.165) is 29.9 Å². The third-order valence-electron chi connectivity index (χ3n) is 2.39. The van der Waals surface area contributed by atoms with Gasteiger partial charge in [0, 0.05) is 24.0 Å². The summed E-state index contributed by atoms with van der Waals surface area (Å²) in [5.41, 5.74) is 8.89. The number of aromatic nitrogens is 2. The Bertz CT molecular complexity index is 446. The van der Waals surface area contributed by atoms with Crippen LogP contribution in [0.2, 0.25) is 0 Å². The van der Waals surface area contributed by atoms with E-state index in [1.807, 2.05) is 41.2 Å². The third-order valence-corrected chi connectivity index (χ3v) is 2.39. The molecule has 1 aromatic carbocycles. The summed E-state index contributed by atoms with van der Waals surface area (Å²) in [6, 6.07) is 9.88. The molecule has 0 aliphatic heterocycles. The van der Waals surface area contributed by atoms with Crippen LogP contribution in [0.5, 0.6) is 0 Å². The molecule has 0 amide bonds. The van der Waals surface area contributed by atoms with E-state index in [-0.39, 0.29) is 0 Å². The van der Waals surface area contributed by atoms with Crippen molar-refractivity contribution in [3.8, 4) is 11.3 Å². The number of hydrogen-bond acceptors (Lipinski definition) is 2. The molecule has 3 nitrogen and oxygen atoms in total. The summed E-state index contributed by atoms with van der Waals surface area (Å²) < 4.78 is 1.99. The molecule has 0 unspecified atom stereocenters. The topological polar surface area (TPSA) is 43.8 Å². The van der Waals surface area contributed by atoms with Crippen LogP contribution in [0.1, 0.15) is 13.3 Å². The Morgan fingerprint density at radius 2 is 2.07 bits per heavy atom. The molecule has 0 saturated heterocycles. The minimum atomic E-state index is 0.801. The van der Waals surface area contributed by atoms with E-state index in [1.54, 1.807) is 0 Å². The lowest BCUT2D eigenvalue weighted by atomic mass is 10.1. The van der Waals surface area contributed by atoms with Crippen molar-refractivity contribution in [1.29, 1.82) is 0 Å². The molecule has 0 atom stereocenters. The van der Waals surface area contributed by atoms with Crippen LogP contribution in [0.3, 0.4) is 0 Å². The smallest absolute Gasteiger partial charge is 0.0702 e. The van der Waals surface area contributed by atoms with Crippen LogP contribution in [0.25, 0.3) is 11.3 Å². The maximum absolute atomic E-state index is 5.94. The summed E-state index contributed by atoms with van der Waals surface area (Å²) >= 11 is 0. The van der Waals surface area contributed by atoms with Gasteiger partial charge in [-0.05, 0) is 18.6 Å². The molecule has 0 radical (unpaired) electrons. The average Bonchev–Trinajstić information content (AvgIpc) is 2.67. The van der Waals surface area contributed by atoms with Crippen LogP contribution in [-0.4, -0.2) is 9.78 Å². The van der Waals surface area contributed by atoms with Gasteiger partial charge in [-0.25, -0.2) is 0 Å². The molecule has 0 aliphatic rings. The van der Waals surface area contributed by atoms with E-state index in [1.165, 1.54) is 0 Å². The van der Waals surface area contributed by atoms with Gasteiger partial charge in [0.2, 0.25) is 0 Å². The van der Waals surface area contributed by atoms with E-state index in [0.29, 0.717) is 0 Å². The largest absolute Gasteiger partial charge is 0.398 e. The van der Waals surface area contributed by atoms with Gasteiger partial charge in [0.1, 0.15) is 0 Å². The van der Waals surface area contributed by atoms with Gasteiger partial charge < -0.3 is 5.73 Å². The van der Waals surface area contributed by atoms with Crippen LogP contribution < -0.4 is 5.73 Å². The molecule has 2 rings (SSSR count). The first-order chi connectivity index (χ1) is 7.33. The Balaban J connectivity index is 2.45. The normalized spacial score (nSPS) is 10.5. The fraction of sp³-hybridized carbons (Fsp3) is 0.250. The van der Waals surface area contributed by atoms with Gasteiger partial charge in [0.25, 0.3) is 0 Å². The van der Waals surface area contributed by atoms with Crippen LogP contribution in [-0.2, 0) is 6.54 Å². The Kier molecular flexibility index (Phi) is 2.72. The van der Waals surface area contributed by atoms with Crippen molar-refractivity contribution in [1.82, 2.24) is 9.78 Å². The molecule has 0 saturated carbocycles. The van der Waals surface area contributed by atoms with Gasteiger partial charge in [0.05, 0.1) is 5.69 Å². The zero-order valence-electron chi connectivity index (χ0n) is 8.85. The number of rotatable bonds is 3. The third kappa shape index (κ3) is 1.86. The average molecular weight is 201 g/mol. The van der Waals surface area contributed by atoms with E-state index in [2.05, 4.69) is 12.0 Å². The molecule has 3 heteroatoms. The second-order valence-corrected chi connectivity index (χ2v) is 3.53. The molecule has 78 valence electrons. The Morgan fingerprint density at radius 3 is 2.80 bits per heavy atom. The van der Waals surface area contributed by atoms with Crippen LogP contribution >= 0.6 is 0 Å². The number of hydrogen-bond donors (Lipinski definition) is 1. The van der Waals surface area contributed by atoms with E-state index < -0.39 is 0 Å². The lowest BCUT2D eigenvalue weighted by molar-refractivity contribution is 0.609.